The molecule has 0 aliphatic heterocycles. The van der Waals surface area contributed by atoms with E-state index in [-0.39, 0.29) is 5.56 Å². The predicted octanol–water partition coefficient (Wildman–Crippen LogP) is 3.85. The van der Waals surface area contributed by atoms with Gasteiger partial charge in [-0.05, 0) is 23.1 Å². The van der Waals surface area contributed by atoms with Crippen molar-refractivity contribution in [3.63, 3.8) is 0 Å². The molecule has 0 fully saturated rings. The molecule has 3 aromatic rings. The Balaban J connectivity index is 2.39. The third-order valence-corrected chi connectivity index (χ3v) is 3.12. The molecule has 0 amide bonds. The highest BCUT2D eigenvalue weighted by atomic mass is 35.5. The molecule has 3 heteroatoms. The van der Waals surface area contributed by atoms with Crippen molar-refractivity contribution in [2.24, 2.45) is 0 Å². The zero-order valence-corrected chi connectivity index (χ0v) is 10.2. The van der Waals surface area contributed by atoms with Crippen molar-refractivity contribution in [1.82, 2.24) is 4.98 Å². The highest BCUT2D eigenvalue weighted by molar-refractivity contribution is 6.31. The van der Waals surface area contributed by atoms with Crippen molar-refractivity contribution in [2.45, 2.75) is 0 Å². The Kier molecular flexibility index (Phi) is 2.65. The molecule has 0 radical (unpaired) electrons. The Morgan fingerprint density at radius 3 is 2.50 bits per heavy atom. The van der Waals surface area contributed by atoms with E-state index in [1.165, 1.54) is 0 Å². The molecule has 2 nitrogen and oxygen atoms in total. The normalized spacial score (nSPS) is 10.7. The average molecular weight is 256 g/mol. The number of rotatable bonds is 1. The number of fused-ring (bicyclic) bond motifs is 1. The Bertz CT molecular complexity index is 762. The molecule has 3 rings (SSSR count). The van der Waals surface area contributed by atoms with Crippen molar-refractivity contribution in [2.75, 3.05) is 0 Å². The van der Waals surface area contributed by atoms with Crippen molar-refractivity contribution in [3.05, 3.63) is 70.0 Å². The molecule has 0 unspecified atom stereocenters. The van der Waals surface area contributed by atoms with Gasteiger partial charge in [0, 0.05) is 16.5 Å². The van der Waals surface area contributed by atoms with Gasteiger partial charge in [-0.3, -0.25) is 4.79 Å². The van der Waals surface area contributed by atoms with E-state index in [0.717, 1.165) is 22.0 Å². The van der Waals surface area contributed by atoms with E-state index < -0.39 is 0 Å². The van der Waals surface area contributed by atoms with Gasteiger partial charge in [-0.25, -0.2) is 0 Å². The number of nitrogens with one attached hydrogen (secondary N) is 1. The summed E-state index contributed by atoms with van der Waals surface area (Å²) in [5, 5.41) is 2.47. The molecule has 1 heterocycles. The van der Waals surface area contributed by atoms with E-state index in [1.807, 2.05) is 42.5 Å². The minimum absolute atomic E-state index is 0.122. The molecule has 0 aliphatic carbocycles. The Morgan fingerprint density at radius 1 is 0.944 bits per heavy atom. The molecule has 0 saturated heterocycles. The quantitative estimate of drug-likeness (QED) is 0.704. The van der Waals surface area contributed by atoms with E-state index in [9.17, 15) is 4.79 Å². The molecule has 0 spiro atoms. The molecule has 18 heavy (non-hydrogen) atoms. The zero-order chi connectivity index (χ0) is 12.5. The highest BCUT2D eigenvalue weighted by Crippen LogP contribution is 2.26. The van der Waals surface area contributed by atoms with E-state index in [2.05, 4.69) is 4.98 Å². The van der Waals surface area contributed by atoms with E-state index in [4.69, 9.17) is 11.6 Å². The lowest BCUT2D eigenvalue weighted by molar-refractivity contribution is 1.27. The van der Waals surface area contributed by atoms with Crippen molar-refractivity contribution in [3.8, 4) is 11.3 Å². The van der Waals surface area contributed by atoms with Crippen molar-refractivity contribution < 1.29 is 0 Å². The maximum Gasteiger partial charge on any atom is 0.249 e. The molecule has 0 bridgehead atoms. The number of halogens is 1. The molecule has 2 aromatic carbocycles. The van der Waals surface area contributed by atoms with Crippen LogP contribution in [0.1, 0.15) is 0 Å². The molecule has 0 aliphatic rings. The maximum absolute atomic E-state index is 11.7. The van der Waals surface area contributed by atoms with E-state index in [0.29, 0.717) is 5.02 Å². The molecule has 1 aromatic heterocycles. The van der Waals surface area contributed by atoms with Crippen LogP contribution >= 0.6 is 11.6 Å². The molecule has 1 N–H and O–H groups in total. The summed E-state index contributed by atoms with van der Waals surface area (Å²) in [6, 6.07) is 16.9. The van der Waals surface area contributed by atoms with Crippen LogP contribution in [0.4, 0.5) is 0 Å². The van der Waals surface area contributed by atoms with Crippen LogP contribution in [0.25, 0.3) is 22.0 Å². The number of hydrogen-bond donors (Lipinski definition) is 1. The average Bonchev–Trinajstić information content (AvgIpc) is 2.38. The van der Waals surface area contributed by atoms with Crippen molar-refractivity contribution >= 4 is 22.4 Å². The van der Waals surface area contributed by atoms with E-state index in [1.54, 1.807) is 12.1 Å². The minimum atomic E-state index is -0.122. The molecule has 0 atom stereocenters. The number of hydrogen-bond acceptors (Lipinski definition) is 1. The smallest absolute Gasteiger partial charge is 0.249 e. The summed E-state index contributed by atoms with van der Waals surface area (Å²) in [6.45, 7) is 0. The Hall–Kier alpha value is -2.06. The minimum Gasteiger partial charge on any atom is -0.321 e. The second-order valence-electron chi connectivity index (χ2n) is 4.11. The van der Waals surface area contributed by atoms with Crippen LogP contribution in [-0.4, -0.2) is 4.98 Å². The van der Waals surface area contributed by atoms with Crippen LogP contribution in [0.15, 0.2) is 59.4 Å². The first-order valence-corrected chi connectivity index (χ1v) is 6.00. The zero-order valence-electron chi connectivity index (χ0n) is 9.48. The summed E-state index contributed by atoms with van der Waals surface area (Å²) in [6.07, 6.45) is 0. The van der Waals surface area contributed by atoms with Gasteiger partial charge in [0.1, 0.15) is 0 Å². The number of pyridine rings is 1. The predicted molar refractivity (Wildman–Crippen MR) is 75.0 cm³/mol. The molecular weight excluding hydrogens is 246 g/mol. The Labute approximate surface area is 109 Å². The summed E-state index contributed by atoms with van der Waals surface area (Å²) in [4.78, 5) is 14.6. The number of benzene rings is 2. The fourth-order valence-corrected chi connectivity index (χ4v) is 2.26. The third kappa shape index (κ3) is 1.91. The van der Waals surface area contributed by atoms with Crippen molar-refractivity contribution in [1.29, 1.82) is 0 Å². The lowest BCUT2D eigenvalue weighted by Gasteiger charge is -2.06. The van der Waals surface area contributed by atoms with Crippen LogP contribution in [0, 0.1) is 0 Å². The summed E-state index contributed by atoms with van der Waals surface area (Å²) >= 11 is 5.96. The summed E-state index contributed by atoms with van der Waals surface area (Å²) < 4.78 is 0. The summed E-state index contributed by atoms with van der Waals surface area (Å²) in [5.74, 6) is 0. The van der Waals surface area contributed by atoms with Gasteiger partial charge >= 0.3 is 0 Å². The number of H-pyrrole nitrogens is 1. The largest absolute Gasteiger partial charge is 0.321 e. The molecular formula is C15H10ClNO. The summed E-state index contributed by atoms with van der Waals surface area (Å²) in [5.41, 5.74) is 1.70. The second kappa shape index (κ2) is 4.31. The van der Waals surface area contributed by atoms with Gasteiger partial charge in [0.05, 0.1) is 5.69 Å². The lowest BCUT2D eigenvalue weighted by Crippen LogP contribution is -2.05. The van der Waals surface area contributed by atoms with E-state index >= 15 is 0 Å². The maximum atomic E-state index is 11.7. The fourth-order valence-electron chi connectivity index (χ4n) is 2.08. The van der Waals surface area contributed by atoms with Crippen LogP contribution in [-0.2, 0) is 0 Å². The molecule has 88 valence electrons. The van der Waals surface area contributed by atoms with Crippen LogP contribution < -0.4 is 5.56 Å². The van der Waals surface area contributed by atoms with Gasteiger partial charge in [-0.1, -0.05) is 48.0 Å². The Morgan fingerprint density at radius 2 is 1.72 bits per heavy atom. The fraction of sp³-hybridized carbons (Fsp3) is 0. The van der Waals surface area contributed by atoms with Gasteiger partial charge in [0.25, 0.3) is 0 Å². The highest BCUT2D eigenvalue weighted by Gasteiger charge is 2.05. The summed E-state index contributed by atoms with van der Waals surface area (Å²) in [7, 11) is 0. The van der Waals surface area contributed by atoms with Crippen LogP contribution in [0.2, 0.25) is 5.02 Å². The van der Waals surface area contributed by atoms with Gasteiger partial charge in [-0.15, -0.1) is 0 Å². The number of aromatic amines is 1. The lowest BCUT2D eigenvalue weighted by atomic mass is 10.0. The second-order valence-corrected chi connectivity index (χ2v) is 4.54. The third-order valence-electron chi connectivity index (χ3n) is 2.88. The van der Waals surface area contributed by atoms with Gasteiger partial charge in [0.15, 0.2) is 0 Å². The van der Waals surface area contributed by atoms with Gasteiger partial charge < -0.3 is 4.98 Å². The monoisotopic (exact) mass is 255 g/mol. The van der Waals surface area contributed by atoms with Gasteiger partial charge in [0.2, 0.25) is 5.56 Å². The van der Waals surface area contributed by atoms with Gasteiger partial charge in [-0.2, -0.15) is 0 Å². The first-order chi connectivity index (χ1) is 8.74. The number of aromatic nitrogens is 1. The standard InChI is InChI=1S/C15H10ClNO/c16-12-6-7-13-11(8-12)9-14(18)17-15(13)10-4-2-1-3-5-10/h1-9H,(H,17,18). The topological polar surface area (TPSA) is 32.9 Å². The SMILES string of the molecule is O=c1cc2cc(Cl)ccc2c(-c2ccccc2)[nH]1. The first kappa shape index (κ1) is 11.1. The first-order valence-electron chi connectivity index (χ1n) is 5.62. The molecule has 0 saturated carbocycles. The van der Waals surface area contributed by atoms with Crippen LogP contribution in [0.5, 0.6) is 0 Å². The van der Waals surface area contributed by atoms with Crippen LogP contribution in [0.3, 0.4) is 0 Å².